The summed E-state index contributed by atoms with van der Waals surface area (Å²) in [7, 11) is 0. The van der Waals surface area contributed by atoms with E-state index in [1.54, 1.807) is 6.20 Å². The van der Waals surface area contributed by atoms with Crippen molar-refractivity contribution in [1.29, 1.82) is 0 Å². The number of hydrogen-bond acceptors (Lipinski definition) is 5. The van der Waals surface area contributed by atoms with E-state index in [9.17, 15) is 0 Å². The van der Waals surface area contributed by atoms with Gasteiger partial charge in [0.15, 0.2) is 0 Å². The number of nitrogens with zero attached hydrogens (tertiary/aromatic N) is 2. The van der Waals surface area contributed by atoms with Gasteiger partial charge >= 0.3 is 0 Å². The predicted molar refractivity (Wildman–Crippen MR) is 69.5 cm³/mol. The summed E-state index contributed by atoms with van der Waals surface area (Å²) in [4.78, 5) is 8.21. The van der Waals surface area contributed by atoms with E-state index < -0.39 is 0 Å². The fourth-order valence-electron chi connectivity index (χ4n) is 2.52. The highest BCUT2D eigenvalue weighted by atomic mass is 15.3. The van der Waals surface area contributed by atoms with Gasteiger partial charge in [0.05, 0.1) is 0 Å². The standard InChI is InChI=1S/C12H21N5/c1-9-3-2-4-10(7-9)8-15-11-5-6-14-12(16-11)17-13/h5-6,9-10H,2-4,7-8,13H2,1H3,(H2,14,15,16,17). The Labute approximate surface area is 102 Å². The number of nitrogens with one attached hydrogen (secondary N) is 2. The number of nitrogens with two attached hydrogens (primary N) is 1. The SMILES string of the molecule is CC1CCCC(CNc2ccnc(NN)n2)C1. The summed E-state index contributed by atoms with van der Waals surface area (Å²) >= 11 is 0. The maximum absolute atomic E-state index is 5.27. The van der Waals surface area contributed by atoms with E-state index in [4.69, 9.17) is 5.84 Å². The second kappa shape index (κ2) is 5.82. The molecule has 0 spiro atoms. The van der Waals surface area contributed by atoms with Crippen molar-refractivity contribution in [3.63, 3.8) is 0 Å². The molecule has 0 radical (unpaired) electrons. The van der Waals surface area contributed by atoms with Crippen molar-refractivity contribution in [2.24, 2.45) is 17.7 Å². The van der Waals surface area contributed by atoms with Gasteiger partial charge in [-0.3, -0.25) is 5.43 Å². The van der Waals surface area contributed by atoms with Crippen LogP contribution in [0.2, 0.25) is 0 Å². The molecule has 1 aliphatic carbocycles. The molecule has 1 fully saturated rings. The normalized spacial score (nSPS) is 24.4. The van der Waals surface area contributed by atoms with Gasteiger partial charge in [-0.15, -0.1) is 0 Å². The first-order chi connectivity index (χ1) is 8.28. The van der Waals surface area contributed by atoms with Crippen LogP contribution in [0.4, 0.5) is 11.8 Å². The number of aromatic nitrogens is 2. The number of anilines is 2. The Morgan fingerprint density at radius 2 is 2.35 bits per heavy atom. The maximum atomic E-state index is 5.27. The number of nitrogen functional groups attached to an aromatic ring is 1. The quantitative estimate of drug-likeness (QED) is 0.549. The Bertz CT molecular complexity index is 355. The van der Waals surface area contributed by atoms with Gasteiger partial charge in [0.2, 0.25) is 5.95 Å². The monoisotopic (exact) mass is 235 g/mol. The zero-order chi connectivity index (χ0) is 12.1. The Hall–Kier alpha value is -1.36. The molecule has 0 bridgehead atoms. The maximum Gasteiger partial charge on any atom is 0.239 e. The lowest BCUT2D eigenvalue weighted by Crippen LogP contribution is -2.21. The molecule has 0 aromatic carbocycles. The summed E-state index contributed by atoms with van der Waals surface area (Å²) < 4.78 is 0. The third-order valence-electron chi connectivity index (χ3n) is 3.40. The molecule has 4 N–H and O–H groups in total. The van der Waals surface area contributed by atoms with Gasteiger partial charge in [0.25, 0.3) is 0 Å². The molecule has 0 amide bonds. The summed E-state index contributed by atoms with van der Waals surface area (Å²) in [6.45, 7) is 3.33. The highest BCUT2D eigenvalue weighted by Crippen LogP contribution is 2.28. The van der Waals surface area contributed by atoms with Crippen molar-refractivity contribution in [1.82, 2.24) is 9.97 Å². The second-order valence-electron chi connectivity index (χ2n) is 4.93. The zero-order valence-electron chi connectivity index (χ0n) is 10.3. The second-order valence-corrected chi connectivity index (χ2v) is 4.93. The van der Waals surface area contributed by atoms with E-state index >= 15 is 0 Å². The van der Waals surface area contributed by atoms with Crippen LogP contribution >= 0.6 is 0 Å². The molecule has 1 aromatic heterocycles. The van der Waals surface area contributed by atoms with Crippen molar-refractivity contribution in [3.8, 4) is 0 Å². The third-order valence-corrected chi connectivity index (χ3v) is 3.40. The highest BCUT2D eigenvalue weighted by molar-refractivity contribution is 5.38. The summed E-state index contributed by atoms with van der Waals surface area (Å²) in [6.07, 6.45) is 7.08. The fourth-order valence-corrected chi connectivity index (χ4v) is 2.52. The van der Waals surface area contributed by atoms with E-state index in [0.717, 1.165) is 24.2 Å². The van der Waals surface area contributed by atoms with Crippen LogP contribution in [0.5, 0.6) is 0 Å². The zero-order valence-corrected chi connectivity index (χ0v) is 10.3. The van der Waals surface area contributed by atoms with Crippen molar-refractivity contribution in [2.45, 2.75) is 32.6 Å². The van der Waals surface area contributed by atoms with Crippen molar-refractivity contribution >= 4 is 11.8 Å². The first kappa shape index (κ1) is 12.1. The van der Waals surface area contributed by atoms with E-state index in [1.165, 1.54) is 25.7 Å². The highest BCUT2D eigenvalue weighted by Gasteiger charge is 2.18. The Morgan fingerprint density at radius 3 is 3.12 bits per heavy atom. The van der Waals surface area contributed by atoms with Crippen LogP contribution in [0, 0.1) is 11.8 Å². The summed E-state index contributed by atoms with van der Waals surface area (Å²) in [5.74, 6) is 8.19. The van der Waals surface area contributed by atoms with Gasteiger partial charge in [0, 0.05) is 12.7 Å². The van der Waals surface area contributed by atoms with Gasteiger partial charge in [0.1, 0.15) is 5.82 Å². The fraction of sp³-hybridized carbons (Fsp3) is 0.667. The van der Waals surface area contributed by atoms with Crippen LogP contribution in [0.15, 0.2) is 12.3 Å². The molecule has 2 rings (SSSR count). The summed E-state index contributed by atoms with van der Waals surface area (Å²) in [5.41, 5.74) is 2.45. The van der Waals surface area contributed by atoms with Gasteiger partial charge < -0.3 is 5.32 Å². The first-order valence-corrected chi connectivity index (χ1v) is 6.31. The van der Waals surface area contributed by atoms with Crippen molar-refractivity contribution in [3.05, 3.63) is 12.3 Å². The average Bonchev–Trinajstić information content (AvgIpc) is 2.37. The molecule has 2 atom stereocenters. The minimum atomic E-state index is 0.451. The van der Waals surface area contributed by atoms with E-state index in [1.807, 2.05) is 6.07 Å². The number of hydrazine groups is 1. The topological polar surface area (TPSA) is 75.9 Å². The summed E-state index contributed by atoms with van der Waals surface area (Å²) in [6, 6.07) is 1.87. The van der Waals surface area contributed by atoms with Crippen LogP contribution in [-0.4, -0.2) is 16.5 Å². The molecular formula is C12H21N5. The smallest absolute Gasteiger partial charge is 0.239 e. The third kappa shape index (κ3) is 3.56. The minimum Gasteiger partial charge on any atom is -0.370 e. The van der Waals surface area contributed by atoms with Crippen LogP contribution in [0.1, 0.15) is 32.6 Å². The van der Waals surface area contributed by atoms with Crippen molar-refractivity contribution in [2.75, 3.05) is 17.3 Å². The minimum absolute atomic E-state index is 0.451. The van der Waals surface area contributed by atoms with Crippen LogP contribution in [0.25, 0.3) is 0 Å². The van der Waals surface area contributed by atoms with Gasteiger partial charge in [-0.25, -0.2) is 10.8 Å². The molecule has 5 heteroatoms. The lowest BCUT2D eigenvalue weighted by molar-refractivity contribution is 0.293. The van der Waals surface area contributed by atoms with Crippen LogP contribution < -0.4 is 16.6 Å². The molecule has 1 heterocycles. The largest absolute Gasteiger partial charge is 0.370 e. The van der Waals surface area contributed by atoms with E-state index in [0.29, 0.717) is 5.95 Å². The molecule has 17 heavy (non-hydrogen) atoms. The number of hydrogen-bond donors (Lipinski definition) is 3. The predicted octanol–water partition coefficient (Wildman–Crippen LogP) is 2.00. The first-order valence-electron chi connectivity index (χ1n) is 6.31. The molecule has 1 aliphatic rings. The lowest BCUT2D eigenvalue weighted by atomic mass is 9.82. The molecule has 2 unspecified atom stereocenters. The Morgan fingerprint density at radius 1 is 1.47 bits per heavy atom. The molecule has 1 saturated carbocycles. The van der Waals surface area contributed by atoms with Crippen LogP contribution in [0.3, 0.4) is 0 Å². The molecule has 5 nitrogen and oxygen atoms in total. The average molecular weight is 235 g/mol. The van der Waals surface area contributed by atoms with E-state index in [2.05, 4.69) is 27.6 Å². The van der Waals surface area contributed by atoms with Gasteiger partial charge in [-0.05, 0) is 30.7 Å². The lowest BCUT2D eigenvalue weighted by Gasteiger charge is -2.26. The van der Waals surface area contributed by atoms with Gasteiger partial charge in [-0.1, -0.05) is 19.8 Å². The molecule has 0 aliphatic heterocycles. The molecular weight excluding hydrogens is 214 g/mol. The van der Waals surface area contributed by atoms with Gasteiger partial charge in [-0.2, -0.15) is 4.98 Å². The van der Waals surface area contributed by atoms with Crippen LogP contribution in [-0.2, 0) is 0 Å². The molecule has 1 aromatic rings. The Balaban J connectivity index is 1.84. The van der Waals surface area contributed by atoms with E-state index in [-0.39, 0.29) is 0 Å². The molecule has 0 saturated heterocycles. The summed E-state index contributed by atoms with van der Waals surface area (Å²) in [5, 5.41) is 3.36. The molecule has 94 valence electrons. The number of rotatable bonds is 4. The van der Waals surface area contributed by atoms with Crippen molar-refractivity contribution < 1.29 is 0 Å². The Kier molecular flexibility index (Phi) is 4.14.